The second kappa shape index (κ2) is 6.79. The third-order valence-corrected chi connectivity index (χ3v) is 7.13. The molecule has 2 aliphatic heterocycles. The highest BCUT2D eigenvalue weighted by atomic mass is 32.2. The summed E-state index contributed by atoms with van der Waals surface area (Å²) in [6, 6.07) is 11.4. The van der Waals surface area contributed by atoms with E-state index in [0.717, 1.165) is 0 Å². The van der Waals surface area contributed by atoms with Crippen LogP contribution in [0.5, 0.6) is 17.2 Å². The monoisotopic (exact) mass is 403 g/mol. The van der Waals surface area contributed by atoms with E-state index in [2.05, 4.69) is 0 Å². The van der Waals surface area contributed by atoms with Crippen molar-refractivity contribution in [3.63, 3.8) is 0 Å². The third kappa shape index (κ3) is 3.12. The molecular weight excluding hydrogens is 382 g/mol. The molecule has 2 aliphatic rings. The quantitative estimate of drug-likeness (QED) is 0.780. The van der Waals surface area contributed by atoms with Gasteiger partial charge in [-0.25, -0.2) is 8.42 Å². The van der Waals surface area contributed by atoms with Crippen molar-refractivity contribution in [2.45, 2.75) is 23.3 Å². The van der Waals surface area contributed by atoms with Gasteiger partial charge in [0, 0.05) is 13.0 Å². The number of nitrogens with zero attached hydrogens (tertiary/aromatic N) is 1. The lowest BCUT2D eigenvalue weighted by Gasteiger charge is -2.34. The molecule has 1 spiro atoms. The average molecular weight is 403 g/mol. The third-order valence-electron chi connectivity index (χ3n) is 5.27. The molecule has 0 saturated carbocycles. The van der Waals surface area contributed by atoms with Gasteiger partial charge in [-0.3, -0.25) is 4.79 Å². The molecule has 2 heterocycles. The van der Waals surface area contributed by atoms with Crippen molar-refractivity contribution in [2.24, 2.45) is 0 Å². The molecule has 7 nitrogen and oxygen atoms in total. The Hall–Kier alpha value is -2.58. The van der Waals surface area contributed by atoms with E-state index in [9.17, 15) is 13.2 Å². The summed E-state index contributed by atoms with van der Waals surface area (Å²) in [5.41, 5.74) is -0.362. The van der Waals surface area contributed by atoms with Crippen LogP contribution in [0.1, 0.15) is 23.2 Å². The molecule has 0 aromatic heterocycles. The highest BCUT2D eigenvalue weighted by Gasteiger charge is 2.49. The molecule has 4 rings (SSSR count). The molecule has 1 atom stereocenters. The number of carbonyl (C=O) groups is 1. The summed E-state index contributed by atoms with van der Waals surface area (Å²) in [6.45, 7) is 0.436. The van der Waals surface area contributed by atoms with Crippen LogP contribution in [-0.2, 0) is 10.0 Å². The lowest BCUT2D eigenvalue weighted by Crippen LogP contribution is -2.45. The normalized spacial score (nSPS) is 22.0. The summed E-state index contributed by atoms with van der Waals surface area (Å²) in [6.07, 6.45) is 0.599. The Morgan fingerprint density at radius 3 is 2.39 bits per heavy atom. The van der Waals surface area contributed by atoms with Gasteiger partial charge < -0.3 is 14.2 Å². The van der Waals surface area contributed by atoms with Crippen LogP contribution in [0.15, 0.2) is 47.4 Å². The van der Waals surface area contributed by atoms with Crippen molar-refractivity contribution in [2.75, 3.05) is 27.3 Å². The van der Waals surface area contributed by atoms with E-state index in [-0.39, 0.29) is 23.6 Å². The largest absolute Gasteiger partial charge is 0.497 e. The maximum absolute atomic E-state index is 13.0. The fraction of sp³-hybridized carbons (Fsp3) is 0.350. The first kappa shape index (κ1) is 18.8. The van der Waals surface area contributed by atoms with Crippen molar-refractivity contribution in [3.8, 4) is 17.2 Å². The molecule has 0 bridgehead atoms. The van der Waals surface area contributed by atoms with Gasteiger partial charge in [-0.2, -0.15) is 4.31 Å². The lowest BCUT2D eigenvalue weighted by molar-refractivity contribution is 0.0497. The zero-order valence-electron chi connectivity index (χ0n) is 15.7. The Balaban J connectivity index is 1.58. The van der Waals surface area contributed by atoms with Crippen LogP contribution >= 0.6 is 0 Å². The maximum Gasteiger partial charge on any atom is 0.243 e. The molecule has 8 heteroatoms. The van der Waals surface area contributed by atoms with E-state index in [1.807, 2.05) is 0 Å². The molecular formula is C20H21NO6S. The van der Waals surface area contributed by atoms with Crippen LogP contribution in [0.2, 0.25) is 0 Å². The molecule has 1 unspecified atom stereocenters. The van der Waals surface area contributed by atoms with Crippen molar-refractivity contribution in [3.05, 3.63) is 48.0 Å². The SMILES string of the molecule is COc1ccc(S(=O)(=O)N2CCC3(CC(=O)c4cc(OC)ccc4O3)C2)cc1. The number of hydrogen-bond donors (Lipinski definition) is 0. The number of fused-ring (bicyclic) bond motifs is 1. The Bertz CT molecular complexity index is 1020. The molecule has 0 N–H and O–H groups in total. The van der Waals surface area contributed by atoms with Crippen molar-refractivity contribution in [1.29, 1.82) is 0 Å². The fourth-order valence-electron chi connectivity index (χ4n) is 3.74. The van der Waals surface area contributed by atoms with E-state index >= 15 is 0 Å². The predicted octanol–water partition coefficient (Wildman–Crippen LogP) is 2.50. The number of carbonyl (C=O) groups excluding carboxylic acids is 1. The van der Waals surface area contributed by atoms with Crippen LogP contribution < -0.4 is 14.2 Å². The van der Waals surface area contributed by atoms with Gasteiger partial charge in [-0.05, 0) is 42.5 Å². The molecule has 0 aliphatic carbocycles. The van der Waals surface area contributed by atoms with Crippen LogP contribution in [0.25, 0.3) is 0 Å². The van der Waals surface area contributed by atoms with Crippen LogP contribution in [0.4, 0.5) is 0 Å². The van der Waals surface area contributed by atoms with E-state index < -0.39 is 15.6 Å². The Morgan fingerprint density at radius 2 is 1.71 bits per heavy atom. The number of benzene rings is 2. The average Bonchev–Trinajstić information content (AvgIpc) is 3.11. The highest BCUT2D eigenvalue weighted by Crippen LogP contribution is 2.41. The second-order valence-electron chi connectivity index (χ2n) is 7.01. The van der Waals surface area contributed by atoms with Gasteiger partial charge in [0.2, 0.25) is 10.0 Å². The maximum atomic E-state index is 13.0. The van der Waals surface area contributed by atoms with Crippen LogP contribution in [0.3, 0.4) is 0 Å². The van der Waals surface area contributed by atoms with Gasteiger partial charge in [-0.15, -0.1) is 0 Å². The molecule has 1 saturated heterocycles. The molecule has 0 radical (unpaired) electrons. The van der Waals surface area contributed by atoms with Crippen molar-refractivity contribution >= 4 is 15.8 Å². The van der Waals surface area contributed by atoms with Gasteiger partial charge in [0.15, 0.2) is 5.78 Å². The van der Waals surface area contributed by atoms with E-state index in [4.69, 9.17) is 14.2 Å². The van der Waals surface area contributed by atoms with Gasteiger partial charge in [0.05, 0.1) is 37.6 Å². The molecule has 28 heavy (non-hydrogen) atoms. The first-order valence-electron chi connectivity index (χ1n) is 8.91. The number of sulfonamides is 1. The first-order valence-corrected chi connectivity index (χ1v) is 10.4. The Labute approximate surface area is 163 Å². The van der Waals surface area contributed by atoms with Gasteiger partial charge in [-0.1, -0.05) is 0 Å². The number of hydrogen-bond acceptors (Lipinski definition) is 6. The molecule has 2 aromatic carbocycles. The summed E-state index contributed by atoms with van der Waals surface area (Å²) in [5, 5.41) is 0. The highest BCUT2D eigenvalue weighted by molar-refractivity contribution is 7.89. The smallest absolute Gasteiger partial charge is 0.243 e. The summed E-state index contributed by atoms with van der Waals surface area (Å²) in [5.74, 6) is 1.58. The van der Waals surface area contributed by atoms with E-state index in [1.54, 1.807) is 30.3 Å². The number of ketones is 1. The zero-order chi connectivity index (χ0) is 19.9. The van der Waals surface area contributed by atoms with E-state index in [0.29, 0.717) is 35.8 Å². The molecule has 148 valence electrons. The molecule has 2 aromatic rings. The van der Waals surface area contributed by atoms with Crippen molar-refractivity contribution in [1.82, 2.24) is 4.31 Å². The number of rotatable bonds is 4. The van der Waals surface area contributed by atoms with Crippen molar-refractivity contribution < 1.29 is 27.4 Å². The number of ether oxygens (including phenoxy) is 3. The summed E-state index contributed by atoms with van der Waals surface area (Å²) >= 11 is 0. The topological polar surface area (TPSA) is 82.1 Å². The molecule has 1 fully saturated rings. The number of Topliss-reactive ketones (excluding diaryl/α,β-unsaturated/α-hetero) is 1. The summed E-state index contributed by atoms with van der Waals surface area (Å²) in [4.78, 5) is 12.9. The summed E-state index contributed by atoms with van der Waals surface area (Å²) in [7, 11) is -0.614. The predicted molar refractivity (Wildman–Crippen MR) is 102 cm³/mol. The summed E-state index contributed by atoms with van der Waals surface area (Å²) < 4.78 is 43.8. The lowest BCUT2D eigenvalue weighted by atomic mass is 9.89. The first-order chi connectivity index (χ1) is 13.4. The minimum Gasteiger partial charge on any atom is -0.497 e. The minimum absolute atomic E-state index is 0.0659. The minimum atomic E-state index is -3.68. The van der Waals surface area contributed by atoms with Gasteiger partial charge in [0.25, 0.3) is 0 Å². The Morgan fingerprint density at radius 1 is 1.04 bits per heavy atom. The van der Waals surface area contributed by atoms with Crippen LogP contribution in [-0.4, -0.2) is 51.4 Å². The second-order valence-corrected chi connectivity index (χ2v) is 8.95. The zero-order valence-corrected chi connectivity index (χ0v) is 16.5. The standard InChI is InChI=1S/C20H21NO6S/c1-25-14-3-6-16(7-4-14)28(23,24)21-10-9-20(13-21)12-18(22)17-11-15(26-2)5-8-19(17)27-20/h3-8,11H,9-10,12-13H2,1-2H3. The van der Waals surface area contributed by atoms with Gasteiger partial charge >= 0.3 is 0 Å². The van der Waals surface area contributed by atoms with Crippen LogP contribution in [0, 0.1) is 0 Å². The fourth-order valence-corrected chi connectivity index (χ4v) is 5.25. The number of methoxy groups -OCH3 is 2. The Kier molecular flexibility index (Phi) is 4.55. The molecule has 0 amide bonds. The van der Waals surface area contributed by atoms with Gasteiger partial charge in [0.1, 0.15) is 22.8 Å². The van der Waals surface area contributed by atoms with E-state index in [1.165, 1.54) is 30.7 Å².